The van der Waals surface area contributed by atoms with Crippen molar-refractivity contribution >= 4 is 30.4 Å². The monoisotopic (exact) mass is 474 g/mol. The van der Waals surface area contributed by atoms with E-state index in [1.54, 1.807) is 0 Å². The third-order valence-electron chi connectivity index (χ3n) is 7.25. The minimum Gasteiger partial charge on any atom is -0.480 e. The van der Waals surface area contributed by atoms with Crippen molar-refractivity contribution in [2.24, 2.45) is 5.92 Å². The smallest absolute Gasteiger partial charge is 0.326 e. The van der Waals surface area contributed by atoms with Crippen molar-refractivity contribution in [2.75, 3.05) is 0 Å². The van der Waals surface area contributed by atoms with Gasteiger partial charge in [0, 0.05) is 6.42 Å². The molecule has 0 aliphatic heterocycles. The number of carboxylic acids is 1. The zero-order valence-corrected chi connectivity index (χ0v) is 20.7. The van der Waals surface area contributed by atoms with Gasteiger partial charge in [-0.15, -0.1) is 0 Å². The van der Waals surface area contributed by atoms with Gasteiger partial charge in [0.1, 0.15) is 11.6 Å². The normalized spacial score (nSPS) is 20.2. The number of benzene rings is 1. The lowest BCUT2D eigenvalue weighted by Gasteiger charge is -2.32. The zero-order chi connectivity index (χ0) is 24.0. The lowest BCUT2D eigenvalue weighted by molar-refractivity contribution is -0.143. The number of nitrogens with one attached hydrogen (secondary N) is 2. The molecule has 0 heterocycles. The molecule has 2 fully saturated rings. The summed E-state index contributed by atoms with van der Waals surface area (Å²) >= 11 is 4.38. The number of rotatable bonds is 9. The fraction of sp³-hybridized carbons (Fsp3) is 0.654. The van der Waals surface area contributed by atoms with E-state index in [1.807, 2.05) is 26.0 Å². The van der Waals surface area contributed by atoms with Crippen LogP contribution in [0.1, 0.15) is 88.7 Å². The first-order valence-corrected chi connectivity index (χ1v) is 12.9. The van der Waals surface area contributed by atoms with Gasteiger partial charge in [-0.05, 0) is 48.6 Å². The summed E-state index contributed by atoms with van der Waals surface area (Å²) in [6.07, 6.45) is 9.11. The summed E-state index contributed by atoms with van der Waals surface area (Å²) in [6, 6.07) is 7.11. The van der Waals surface area contributed by atoms with Crippen LogP contribution in [-0.2, 0) is 20.8 Å². The Bertz CT molecular complexity index is 827. The molecule has 2 saturated carbocycles. The van der Waals surface area contributed by atoms with Crippen LogP contribution in [0.5, 0.6) is 0 Å². The standard InChI is InChI=1S/C26H38N2O4S/c1-17(2)22(33)23(29)28-26(14-6-7-15-26)25(32)27-21(24(30)31)16-18-10-12-20(13-11-18)19-8-4-3-5-9-19/h10-13,17,19,21-22,33H,3-9,14-16H2,1-2H3,(H,27,32)(H,28,29)(H,30,31)/t21?,22-/m0/s1. The van der Waals surface area contributed by atoms with Gasteiger partial charge in [0.05, 0.1) is 5.25 Å². The van der Waals surface area contributed by atoms with Gasteiger partial charge in [-0.25, -0.2) is 4.79 Å². The highest BCUT2D eigenvalue weighted by atomic mass is 32.1. The van der Waals surface area contributed by atoms with Gasteiger partial charge < -0.3 is 15.7 Å². The molecular weight excluding hydrogens is 436 g/mol. The summed E-state index contributed by atoms with van der Waals surface area (Å²) in [7, 11) is 0. The quantitative estimate of drug-likeness (QED) is 0.403. The third-order valence-corrected chi connectivity index (χ3v) is 8.08. The van der Waals surface area contributed by atoms with Gasteiger partial charge in [-0.1, -0.05) is 70.2 Å². The van der Waals surface area contributed by atoms with E-state index in [-0.39, 0.29) is 18.2 Å². The fourth-order valence-electron chi connectivity index (χ4n) is 5.09. The van der Waals surface area contributed by atoms with Crippen LogP contribution in [0, 0.1) is 5.92 Å². The maximum absolute atomic E-state index is 13.2. The number of hydrogen-bond donors (Lipinski definition) is 4. The zero-order valence-electron chi connectivity index (χ0n) is 19.8. The molecule has 2 atom stereocenters. The average molecular weight is 475 g/mol. The fourth-order valence-corrected chi connectivity index (χ4v) is 5.16. The second-order valence-electron chi connectivity index (χ2n) is 10.1. The van der Waals surface area contributed by atoms with Crippen LogP contribution in [0.15, 0.2) is 24.3 Å². The number of carbonyl (C=O) groups excluding carboxylic acids is 2. The predicted molar refractivity (Wildman–Crippen MR) is 132 cm³/mol. The van der Waals surface area contributed by atoms with Crippen LogP contribution in [0.25, 0.3) is 0 Å². The molecule has 2 amide bonds. The Morgan fingerprint density at radius 2 is 1.64 bits per heavy atom. The van der Waals surface area contributed by atoms with E-state index in [0.717, 1.165) is 18.4 Å². The molecule has 0 aromatic heterocycles. The molecule has 6 nitrogen and oxygen atoms in total. The molecule has 182 valence electrons. The highest BCUT2D eigenvalue weighted by Gasteiger charge is 2.44. The summed E-state index contributed by atoms with van der Waals surface area (Å²) in [5.74, 6) is -1.15. The molecule has 1 unspecified atom stereocenters. The van der Waals surface area contributed by atoms with Crippen molar-refractivity contribution in [2.45, 2.75) is 101 Å². The molecule has 1 aromatic carbocycles. The van der Waals surface area contributed by atoms with Crippen LogP contribution in [0.2, 0.25) is 0 Å². The van der Waals surface area contributed by atoms with Gasteiger partial charge in [0.2, 0.25) is 11.8 Å². The van der Waals surface area contributed by atoms with Gasteiger partial charge >= 0.3 is 5.97 Å². The SMILES string of the molecule is CC(C)[C@H](S)C(=O)NC1(C(=O)NC(Cc2ccc(C3CCCCC3)cc2)C(=O)O)CCCC1. The molecular formula is C26H38N2O4S. The average Bonchev–Trinajstić information content (AvgIpc) is 3.28. The molecule has 2 aliphatic rings. The molecule has 7 heteroatoms. The van der Waals surface area contributed by atoms with Crippen molar-refractivity contribution in [3.63, 3.8) is 0 Å². The van der Waals surface area contributed by atoms with E-state index in [0.29, 0.717) is 18.8 Å². The van der Waals surface area contributed by atoms with Gasteiger partial charge in [-0.3, -0.25) is 9.59 Å². The first kappa shape index (κ1) is 25.6. The van der Waals surface area contributed by atoms with E-state index < -0.39 is 28.7 Å². The van der Waals surface area contributed by atoms with Crippen molar-refractivity contribution in [1.29, 1.82) is 0 Å². The topological polar surface area (TPSA) is 95.5 Å². The molecule has 33 heavy (non-hydrogen) atoms. The van der Waals surface area contributed by atoms with E-state index in [1.165, 1.54) is 37.7 Å². The van der Waals surface area contributed by atoms with E-state index >= 15 is 0 Å². The second-order valence-corrected chi connectivity index (χ2v) is 10.7. The number of aliphatic carboxylic acids is 1. The maximum Gasteiger partial charge on any atom is 0.326 e. The van der Waals surface area contributed by atoms with Gasteiger partial charge in [0.15, 0.2) is 0 Å². The Labute approximate surface area is 202 Å². The minimum atomic E-state index is -1.08. The summed E-state index contributed by atoms with van der Waals surface area (Å²) in [5, 5.41) is 14.9. The van der Waals surface area contributed by atoms with E-state index in [9.17, 15) is 19.5 Å². The summed E-state index contributed by atoms with van der Waals surface area (Å²) in [5.41, 5.74) is 1.13. The highest BCUT2D eigenvalue weighted by Crippen LogP contribution is 2.33. The maximum atomic E-state index is 13.2. The second kappa shape index (κ2) is 11.4. The Morgan fingerprint density at radius 1 is 1.03 bits per heavy atom. The number of hydrogen-bond acceptors (Lipinski definition) is 4. The van der Waals surface area contributed by atoms with E-state index in [4.69, 9.17) is 0 Å². The number of carbonyl (C=O) groups is 3. The molecule has 1 aromatic rings. The summed E-state index contributed by atoms with van der Waals surface area (Å²) < 4.78 is 0. The molecule has 0 spiro atoms. The molecule has 2 aliphatic carbocycles. The van der Waals surface area contributed by atoms with Crippen molar-refractivity contribution in [3.05, 3.63) is 35.4 Å². The molecule has 0 bridgehead atoms. The largest absolute Gasteiger partial charge is 0.480 e. The van der Waals surface area contributed by atoms with Crippen molar-refractivity contribution in [3.8, 4) is 0 Å². The highest BCUT2D eigenvalue weighted by molar-refractivity contribution is 7.81. The van der Waals surface area contributed by atoms with Crippen LogP contribution < -0.4 is 10.6 Å². The van der Waals surface area contributed by atoms with Crippen molar-refractivity contribution in [1.82, 2.24) is 10.6 Å². The van der Waals surface area contributed by atoms with Gasteiger partial charge in [0.25, 0.3) is 0 Å². The molecule has 0 saturated heterocycles. The lowest BCUT2D eigenvalue weighted by atomic mass is 9.84. The predicted octanol–water partition coefficient (Wildman–Crippen LogP) is 4.23. The van der Waals surface area contributed by atoms with Gasteiger partial charge in [-0.2, -0.15) is 12.6 Å². The number of thiol groups is 1. The summed E-state index contributed by atoms with van der Waals surface area (Å²) in [6.45, 7) is 3.80. The number of carboxylic acid groups (broad SMARTS) is 1. The summed E-state index contributed by atoms with van der Waals surface area (Å²) in [4.78, 5) is 37.9. The Kier molecular flexibility index (Phi) is 8.85. The Hall–Kier alpha value is -2.02. The first-order chi connectivity index (χ1) is 15.7. The third kappa shape index (κ3) is 6.52. The molecule has 3 rings (SSSR count). The molecule has 0 radical (unpaired) electrons. The first-order valence-electron chi connectivity index (χ1n) is 12.3. The minimum absolute atomic E-state index is 0.0261. The number of amides is 2. The van der Waals surface area contributed by atoms with Crippen molar-refractivity contribution < 1.29 is 19.5 Å². The van der Waals surface area contributed by atoms with E-state index in [2.05, 4.69) is 35.4 Å². The molecule has 3 N–H and O–H groups in total. The van der Waals surface area contributed by atoms with Crippen LogP contribution >= 0.6 is 12.6 Å². The van der Waals surface area contributed by atoms with Crippen LogP contribution in [0.4, 0.5) is 0 Å². The van der Waals surface area contributed by atoms with Crippen LogP contribution in [-0.4, -0.2) is 39.7 Å². The van der Waals surface area contributed by atoms with Crippen LogP contribution in [0.3, 0.4) is 0 Å². The Balaban J connectivity index is 1.67. The Morgan fingerprint density at radius 3 is 2.18 bits per heavy atom. The lowest BCUT2D eigenvalue weighted by Crippen LogP contribution is -2.61.